The Morgan fingerprint density at radius 3 is 3.17 bits per heavy atom. The summed E-state index contributed by atoms with van der Waals surface area (Å²) in [4.78, 5) is 6.39. The number of rotatable bonds is 4. The molecule has 2 atom stereocenters. The number of nitrogens with two attached hydrogens (primary N) is 1. The molecule has 1 saturated heterocycles. The van der Waals surface area contributed by atoms with Crippen molar-refractivity contribution in [2.75, 3.05) is 33.4 Å². The zero-order chi connectivity index (χ0) is 13.0. The predicted molar refractivity (Wildman–Crippen MR) is 69.6 cm³/mol. The number of morpholine rings is 1. The molecule has 2 N–H and O–H groups in total. The first kappa shape index (κ1) is 13.3. The SMILES string of the molecule is CCOc1cncc(C(N)C2CN(C)CCO2)c1. The third kappa shape index (κ3) is 3.19. The summed E-state index contributed by atoms with van der Waals surface area (Å²) in [5.74, 6) is 0.759. The standard InChI is InChI=1S/C13H21N3O2/c1-3-17-11-6-10(7-15-8-11)13(14)12-9-16(2)4-5-18-12/h6-8,12-13H,3-5,9,14H2,1-2H3. The van der Waals surface area contributed by atoms with Crippen LogP contribution < -0.4 is 10.5 Å². The van der Waals surface area contributed by atoms with Gasteiger partial charge in [-0.3, -0.25) is 4.98 Å². The van der Waals surface area contributed by atoms with Crippen LogP contribution in [0.5, 0.6) is 5.75 Å². The predicted octanol–water partition coefficient (Wildman–Crippen LogP) is 0.811. The third-order valence-electron chi connectivity index (χ3n) is 3.13. The topological polar surface area (TPSA) is 60.6 Å². The van der Waals surface area contributed by atoms with E-state index < -0.39 is 0 Å². The maximum Gasteiger partial charge on any atom is 0.137 e. The minimum atomic E-state index is -0.166. The van der Waals surface area contributed by atoms with Crippen molar-refractivity contribution in [3.05, 3.63) is 24.0 Å². The largest absolute Gasteiger partial charge is 0.492 e. The van der Waals surface area contributed by atoms with Gasteiger partial charge in [-0.2, -0.15) is 0 Å². The monoisotopic (exact) mass is 251 g/mol. The van der Waals surface area contributed by atoms with Gasteiger partial charge in [0.2, 0.25) is 0 Å². The van der Waals surface area contributed by atoms with Crippen LogP contribution in [0.15, 0.2) is 18.5 Å². The number of hydrogen-bond acceptors (Lipinski definition) is 5. The summed E-state index contributed by atoms with van der Waals surface area (Å²) in [6.07, 6.45) is 3.50. The van der Waals surface area contributed by atoms with Gasteiger partial charge in [-0.05, 0) is 25.6 Å². The molecular formula is C13H21N3O2. The van der Waals surface area contributed by atoms with Gasteiger partial charge in [-0.25, -0.2) is 0 Å². The van der Waals surface area contributed by atoms with Crippen LogP contribution in [0.25, 0.3) is 0 Å². The van der Waals surface area contributed by atoms with Crippen LogP contribution in [-0.4, -0.2) is 49.3 Å². The Morgan fingerprint density at radius 1 is 1.61 bits per heavy atom. The van der Waals surface area contributed by atoms with Gasteiger partial charge in [0.1, 0.15) is 5.75 Å². The van der Waals surface area contributed by atoms with Crippen LogP contribution in [0.2, 0.25) is 0 Å². The molecule has 1 fully saturated rings. The average molecular weight is 251 g/mol. The van der Waals surface area contributed by atoms with Crippen molar-refractivity contribution in [3.63, 3.8) is 0 Å². The molecule has 1 aliphatic rings. The van der Waals surface area contributed by atoms with E-state index in [0.29, 0.717) is 6.61 Å². The summed E-state index contributed by atoms with van der Waals surface area (Å²) >= 11 is 0. The summed E-state index contributed by atoms with van der Waals surface area (Å²) in [7, 11) is 2.08. The molecule has 1 aromatic heterocycles. The first-order valence-corrected chi connectivity index (χ1v) is 6.34. The van der Waals surface area contributed by atoms with Gasteiger partial charge in [-0.15, -0.1) is 0 Å². The molecule has 2 unspecified atom stereocenters. The first-order chi connectivity index (χ1) is 8.70. The van der Waals surface area contributed by atoms with Gasteiger partial charge in [-0.1, -0.05) is 0 Å². The molecule has 0 bridgehead atoms. The molecule has 0 amide bonds. The number of likely N-dealkylation sites (N-methyl/N-ethyl adjacent to an activating group) is 1. The minimum Gasteiger partial charge on any atom is -0.492 e. The minimum absolute atomic E-state index is 0.0161. The van der Waals surface area contributed by atoms with E-state index in [1.807, 2.05) is 13.0 Å². The lowest BCUT2D eigenvalue weighted by molar-refractivity contribution is -0.0326. The van der Waals surface area contributed by atoms with E-state index in [2.05, 4.69) is 16.9 Å². The lowest BCUT2D eigenvalue weighted by Crippen LogP contribution is -2.45. The Balaban J connectivity index is 2.07. The van der Waals surface area contributed by atoms with E-state index >= 15 is 0 Å². The van der Waals surface area contributed by atoms with Gasteiger partial charge in [0, 0.05) is 19.3 Å². The molecule has 2 heterocycles. The van der Waals surface area contributed by atoms with Crippen molar-refractivity contribution < 1.29 is 9.47 Å². The fraction of sp³-hybridized carbons (Fsp3) is 0.615. The highest BCUT2D eigenvalue weighted by molar-refractivity contribution is 5.26. The molecule has 0 radical (unpaired) electrons. The fourth-order valence-electron chi connectivity index (χ4n) is 2.11. The highest BCUT2D eigenvalue weighted by atomic mass is 16.5. The highest BCUT2D eigenvalue weighted by Crippen LogP contribution is 2.22. The van der Waals surface area contributed by atoms with Crippen LogP contribution in [0.1, 0.15) is 18.5 Å². The van der Waals surface area contributed by atoms with E-state index in [-0.39, 0.29) is 12.1 Å². The number of hydrogen-bond donors (Lipinski definition) is 1. The van der Waals surface area contributed by atoms with Crippen molar-refractivity contribution in [1.29, 1.82) is 0 Å². The quantitative estimate of drug-likeness (QED) is 0.858. The summed E-state index contributed by atoms with van der Waals surface area (Å²) in [5.41, 5.74) is 7.21. The molecule has 0 aromatic carbocycles. The Morgan fingerprint density at radius 2 is 2.44 bits per heavy atom. The Kier molecular flexibility index (Phi) is 4.52. The molecule has 1 aromatic rings. The average Bonchev–Trinajstić information content (AvgIpc) is 2.39. The summed E-state index contributed by atoms with van der Waals surface area (Å²) in [5, 5.41) is 0. The molecule has 5 heteroatoms. The first-order valence-electron chi connectivity index (χ1n) is 6.34. The summed E-state index contributed by atoms with van der Waals surface area (Å²) < 4.78 is 11.2. The number of nitrogens with zero attached hydrogens (tertiary/aromatic N) is 2. The van der Waals surface area contributed by atoms with E-state index in [4.69, 9.17) is 15.2 Å². The van der Waals surface area contributed by atoms with Crippen LogP contribution >= 0.6 is 0 Å². The second-order valence-corrected chi connectivity index (χ2v) is 4.58. The number of ether oxygens (including phenoxy) is 2. The van der Waals surface area contributed by atoms with Crippen molar-refractivity contribution in [2.24, 2.45) is 5.73 Å². The summed E-state index contributed by atoms with van der Waals surface area (Å²) in [6, 6.07) is 1.78. The van der Waals surface area contributed by atoms with Gasteiger partial charge in [0.05, 0.1) is 31.6 Å². The smallest absolute Gasteiger partial charge is 0.137 e. The second kappa shape index (κ2) is 6.13. The molecular weight excluding hydrogens is 230 g/mol. The van der Waals surface area contributed by atoms with Crippen molar-refractivity contribution in [1.82, 2.24) is 9.88 Å². The number of aromatic nitrogens is 1. The van der Waals surface area contributed by atoms with E-state index in [1.54, 1.807) is 12.4 Å². The lowest BCUT2D eigenvalue weighted by atomic mass is 10.0. The normalized spacial score (nSPS) is 22.7. The Hall–Kier alpha value is -1.17. The van der Waals surface area contributed by atoms with E-state index in [1.165, 1.54) is 0 Å². The van der Waals surface area contributed by atoms with Gasteiger partial charge in [0.15, 0.2) is 0 Å². The van der Waals surface area contributed by atoms with Gasteiger partial charge in [0.25, 0.3) is 0 Å². The Bertz CT molecular complexity index is 386. The third-order valence-corrected chi connectivity index (χ3v) is 3.13. The van der Waals surface area contributed by atoms with Crippen molar-refractivity contribution in [3.8, 4) is 5.75 Å². The van der Waals surface area contributed by atoms with Crippen LogP contribution in [-0.2, 0) is 4.74 Å². The zero-order valence-electron chi connectivity index (χ0n) is 11.0. The van der Waals surface area contributed by atoms with Crippen LogP contribution in [0, 0.1) is 0 Å². The molecule has 100 valence electrons. The molecule has 0 spiro atoms. The maximum absolute atomic E-state index is 6.25. The molecule has 0 aliphatic carbocycles. The number of pyridine rings is 1. The van der Waals surface area contributed by atoms with Crippen LogP contribution in [0.3, 0.4) is 0 Å². The van der Waals surface area contributed by atoms with Gasteiger partial charge >= 0.3 is 0 Å². The van der Waals surface area contributed by atoms with E-state index in [9.17, 15) is 0 Å². The molecule has 18 heavy (non-hydrogen) atoms. The second-order valence-electron chi connectivity index (χ2n) is 4.58. The highest BCUT2D eigenvalue weighted by Gasteiger charge is 2.25. The molecule has 5 nitrogen and oxygen atoms in total. The molecule has 0 saturated carbocycles. The Labute approximate surface area is 108 Å². The maximum atomic E-state index is 6.25. The van der Waals surface area contributed by atoms with Crippen molar-refractivity contribution in [2.45, 2.75) is 19.1 Å². The van der Waals surface area contributed by atoms with Crippen molar-refractivity contribution >= 4 is 0 Å². The van der Waals surface area contributed by atoms with Gasteiger partial charge < -0.3 is 20.1 Å². The zero-order valence-corrected chi connectivity index (χ0v) is 11.0. The van der Waals surface area contributed by atoms with E-state index in [0.717, 1.165) is 31.0 Å². The van der Waals surface area contributed by atoms with Crippen LogP contribution in [0.4, 0.5) is 0 Å². The fourth-order valence-corrected chi connectivity index (χ4v) is 2.11. The molecule has 2 rings (SSSR count). The summed E-state index contributed by atoms with van der Waals surface area (Å²) in [6.45, 7) is 5.11. The lowest BCUT2D eigenvalue weighted by Gasteiger charge is -2.33. The molecule has 1 aliphatic heterocycles.